The molecule has 4 aliphatic carbocycles. The number of benzene rings is 1. The second-order valence-corrected chi connectivity index (χ2v) is 7.90. The van der Waals surface area contributed by atoms with Gasteiger partial charge in [-0.15, -0.1) is 0 Å². The van der Waals surface area contributed by atoms with E-state index < -0.39 is 10.7 Å². The van der Waals surface area contributed by atoms with Gasteiger partial charge in [-0.3, -0.25) is 14.9 Å². The SMILES string of the molecule is O=C(COc1cc(F)ccc1[N+](=O)[O-])NC12CC3CC(CC(C3)C1)C2. The molecule has 4 fully saturated rings. The van der Waals surface area contributed by atoms with Gasteiger partial charge in [-0.05, 0) is 62.3 Å². The van der Waals surface area contributed by atoms with E-state index in [0.717, 1.165) is 37.5 Å². The Morgan fingerprint density at radius 3 is 2.40 bits per heavy atom. The number of rotatable bonds is 5. The molecule has 134 valence electrons. The molecule has 7 heteroatoms. The fourth-order valence-electron chi connectivity index (χ4n) is 5.49. The second-order valence-electron chi connectivity index (χ2n) is 7.90. The molecular formula is C18H21FN2O4. The Kier molecular flexibility index (Phi) is 3.89. The van der Waals surface area contributed by atoms with Crippen molar-refractivity contribution in [1.82, 2.24) is 5.32 Å². The normalized spacial score (nSPS) is 32.4. The number of nitrogens with one attached hydrogen (secondary N) is 1. The second kappa shape index (κ2) is 5.97. The van der Waals surface area contributed by atoms with E-state index in [-0.39, 0.29) is 29.5 Å². The van der Waals surface area contributed by atoms with Crippen molar-refractivity contribution in [3.8, 4) is 5.75 Å². The molecule has 0 radical (unpaired) electrons. The molecule has 1 aromatic carbocycles. The lowest BCUT2D eigenvalue weighted by Crippen LogP contribution is -2.60. The van der Waals surface area contributed by atoms with Gasteiger partial charge in [0.2, 0.25) is 5.75 Å². The van der Waals surface area contributed by atoms with Crippen LogP contribution in [-0.4, -0.2) is 23.0 Å². The molecule has 4 bridgehead atoms. The average molecular weight is 348 g/mol. The van der Waals surface area contributed by atoms with Gasteiger partial charge < -0.3 is 10.1 Å². The molecule has 0 heterocycles. The molecule has 4 aliphatic rings. The Balaban J connectivity index is 1.40. The molecule has 5 rings (SSSR count). The maximum atomic E-state index is 13.3. The molecule has 6 nitrogen and oxygen atoms in total. The van der Waals surface area contributed by atoms with E-state index in [2.05, 4.69) is 5.32 Å². The fourth-order valence-corrected chi connectivity index (χ4v) is 5.49. The Morgan fingerprint density at radius 1 is 1.24 bits per heavy atom. The first-order valence-corrected chi connectivity index (χ1v) is 8.80. The van der Waals surface area contributed by atoms with E-state index in [0.29, 0.717) is 17.8 Å². The lowest BCUT2D eigenvalue weighted by molar-refractivity contribution is -0.385. The number of hydrogen-bond acceptors (Lipinski definition) is 4. The van der Waals surface area contributed by atoms with Gasteiger partial charge in [-0.25, -0.2) is 4.39 Å². The van der Waals surface area contributed by atoms with Gasteiger partial charge in [0.15, 0.2) is 6.61 Å². The quantitative estimate of drug-likeness (QED) is 0.654. The maximum absolute atomic E-state index is 13.3. The first kappa shape index (κ1) is 16.3. The van der Waals surface area contributed by atoms with Crippen molar-refractivity contribution in [2.75, 3.05) is 6.61 Å². The van der Waals surface area contributed by atoms with Crippen LogP contribution in [0.2, 0.25) is 0 Å². The van der Waals surface area contributed by atoms with Gasteiger partial charge in [-0.2, -0.15) is 0 Å². The molecule has 0 spiro atoms. The van der Waals surface area contributed by atoms with Gasteiger partial charge in [0.05, 0.1) is 4.92 Å². The monoisotopic (exact) mass is 348 g/mol. The Morgan fingerprint density at radius 2 is 1.84 bits per heavy atom. The van der Waals surface area contributed by atoms with Crippen LogP contribution < -0.4 is 10.1 Å². The first-order valence-electron chi connectivity index (χ1n) is 8.80. The van der Waals surface area contributed by atoms with Gasteiger partial charge in [0, 0.05) is 17.7 Å². The van der Waals surface area contributed by atoms with Crippen LogP contribution in [0.15, 0.2) is 18.2 Å². The number of nitro benzene ring substituents is 1. The van der Waals surface area contributed by atoms with Crippen LogP contribution in [0.4, 0.5) is 10.1 Å². The van der Waals surface area contributed by atoms with Crippen LogP contribution >= 0.6 is 0 Å². The smallest absolute Gasteiger partial charge is 0.311 e. The number of halogens is 1. The minimum absolute atomic E-state index is 0.136. The molecule has 0 aromatic heterocycles. The lowest BCUT2D eigenvalue weighted by atomic mass is 9.53. The third kappa shape index (κ3) is 3.19. The molecule has 0 saturated heterocycles. The zero-order valence-electron chi connectivity index (χ0n) is 13.9. The van der Waals surface area contributed by atoms with Gasteiger partial charge in [-0.1, -0.05) is 0 Å². The van der Waals surface area contributed by atoms with Gasteiger partial charge in [0.25, 0.3) is 5.91 Å². The molecule has 1 aromatic rings. The van der Waals surface area contributed by atoms with Crippen molar-refractivity contribution >= 4 is 11.6 Å². The predicted octanol–water partition coefficient (Wildman–Crippen LogP) is 3.20. The van der Waals surface area contributed by atoms with Crippen molar-refractivity contribution in [2.45, 2.75) is 44.1 Å². The largest absolute Gasteiger partial charge is 0.477 e. The Bertz CT molecular complexity index is 686. The third-order valence-corrected chi connectivity index (χ3v) is 5.92. The maximum Gasteiger partial charge on any atom is 0.311 e. The molecule has 4 saturated carbocycles. The summed E-state index contributed by atoms with van der Waals surface area (Å²) in [5.74, 6) is 0.971. The number of ether oxygens (including phenoxy) is 1. The number of amides is 1. The van der Waals surface area contributed by atoms with Gasteiger partial charge >= 0.3 is 5.69 Å². The van der Waals surface area contributed by atoms with Crippen molar-refractivity contribution in [3.63, 3.8) is 0 Å². The summed E-state index contributed by atoms with van der Waals surface area (Å²) in [6, 6.07) is 2.98. The number of nitro groups is 1. The fraction of sp³-hybridized carbons (Fsp3) is 0.611. The van der Waals surface area contributed by atoms with Crippen LogP contribution in [0.25, 0.3) is 0 Å². The molecule has 1 amide bonds. The first-order chi connectivity index (χ1) is 11.9. The summed E-state index contributed by atoms with van der Waals surface area (Å²) in [6.07, 6.45) is 6.89. The van der Waals surface area contributed by atoms with Crippen LogP contribution in [0, 0.1) is 33.7 Å². The standard InChI is InChI=1S/C18H21FN2O4/c19-14-1-2-15(21(23)24)16(6-14)25-10-17(22)20-18-7-11-3-12(8-18)5-13(4-11)9-18/h1-2,6,11-13H,3-5,7-10H2,(H,20,22). The zero-order chi connectivity index (χ0) is 17.6. The number of hydrogen-bond donors (Lipinski definition) is 1. The van der Waals surface area contributed by atoms with Crippen LogP contribution in [0.1, 0.15) is 38.5 Å². The summed E-state index contributed by atoms with van der Waals surface area (Å²) >= 11 is 0. The van der Waals surface area contributed by atoms with Crippen LogP contribution in [-0.2, 0) is 4.79 Å². The molecule has 0 aliphatic heterocycles. The molecule has 25 heavy (non-hydrogen) atoms. The van der Waals surface area contributed by atoms with E-state index in [1.165, 1.54) is 19.3 Å². The summed E-state index contributed by atoms with van der Waals surface area (Å²) in [5.41, 5.74) is -0.479. The van der Waals surface area contributed by atoms with Crippen molar-refractivity contribution in [1.29, 1.82) is 0 Å². The summed E-state index contributed by atoms with van der Waals surface area (Å²) in [6.45, 7) is -0.341. The Labute approximate surface area is 144 Å². The molecule has 1 N–H and O–H groups in total. The topological polar surface area (TPSA) is 81.5 Å². The van der Waals surface area contributed by atoms with E-state index in [1.54, 1.807) is 0 Å². The highest BCUT2D eigenvalue weighted by molar-refractivity contribution is 5.78. The number of carbonyl (C=O) groups excluding carboxylic acids is 1. The number of carbonyl (C=O) groups is 1. The predicted molar refractivity (Wildman–Crippen MR) is 87.6 cm³/mol. The zero-order valence-corrected chi connectivity index (χ0v) is 13.9. The minimum Gasteiger partial charge on any atom is -0.477 e. The summed E-state index contributed by atoms with van der Waals surface area (Å²) < 4.78 is 18.6. The summed E-state index contributed by atoms with van der Waals surface area (Å²) in [5, 5.41) is 14.1. The summed E-state index contributed by atoms with van der Waals surface area (Å²) in [7, 11) is 0. The van der Waals surface area contributed by atoms with Gasteiger partial charge in [0.1, 0.15) is 5.82 Å². The highest BCUT2D eigenvalue weighted by Gasteiger charge is 2.51. The Hall–Kier alpha value is -2.18. The minimum atomic E-state index is -0.647. The summed E-state index contributed by atoms with van der Waals surface area (Å²) in [4.78, 5) is 22.7. The van der Waals surface area contributed by atoms with Crippen LogP contribution in [0.5, 0.6) is 5.75 Å². The van der Waals surface area contributed by atoms with E-state index in [9.17, 15) is 19.3 Å². The van der Waals surface area contributed by atoms with E-state index in [1.807, 2.05) is 0 Å². The number of nitrogens with zero attached hydrogens (tertiary/aromatic N) is 1. The highest BCUT2D eigenvalue weighted by atomic mass is 19.1. The van der Waals surface area contributed by atoms with Crippen LogP contribution in [0.3, 0.4) is 0 Å². The third-order valence-electron chi connectivity index (χ3n) is 5.92. The molecule has 0 atom stereocenters. The molecule has 0 unspecified atom stereocenters. The highest BCUT2D eigenvalue weighted by Crippen LogP contribution is 2.55. The van der Waals surface area contributed by atoms with E-state index in [4.69, 9.17) is 4.74 Å². The van der Waals surface area contributed by atoms with Crippen molar-refractivity contribution in [3.05, 3.63) is 34.1 Å². The lowest BCUT2D eigenvalue weighted by Gasteiger charge is -2.56. The van der Waals surface area contributed by atoms with E-state index >= 15 is 0 Å². The average Bonchev–Trinajstić information content (AvgIpc) is 2.51. The van der Waals surface area contributed by atoms with Crippen molar-refractivity contribution in [2.24, 2.45) is 17.8 Å². The van der Waals surface area contributed by atoms with Crippen molar-refractivity contribution < 1.29 is 18.8 Å². The molecular weight excluding hydrogens is 327 g/mol.